The molecule has 4 heteroatoms. The molecule has 0 bridgehead atoms. The third-order valence-electron chi connectivity index (χ3n) is 2.99. The van der Waals surface area contributed by atoms with Crippen molar-refractivity contribution in [3.05, 3.63) is 30.1 Å². The number of fused-ring (bicyclic) bond motifs is 1. The van der Waals surface area contributed by atoms with Gasteiger partial charge in [0.2, 0.25) is 0 Å². The number of alkyl halides is 1. The van der Waals surface area contributed by atoms with Crippen LogP contribution in [-0.4, -0.2) is 26.9 Å². The number of hydrogen-bond donors (Lipinski definition) is 0. The number of aromatic nitrogens is 2. The second-order valence-electron chi connectivity index (χ2n) is 4.33. The molecular weight excluding hydrogens is 264 g/mol. The highest BCUT2D eigenvalue weighted by Crippen LogP contribution is 2.24. The Morgan fingerprint density at radius 3 is 2.89 bits per heavy atom. The first-order valence-corrected chi connectivity index (χ1v) is 8.06. The number of hydrogen-bond acceptors (Lipinski definition) is 2. The molecule has 0 spiro atoms. The molecule has 98 valence electrons. The molecule has 1 aromatic heterocycles. The van der Waals surface area contributed by atoms with Gasteiger partial charge in [0.05, 0.1) is 11.0 Å². The van der Waals surface area contributed by atoms with Gasteiger partial charge >= 0.3 is 0 Å². The summed E-state index contributed by atoms with van der Waals surface area (Å²) in [4.78, 5) is 4.70. The summed E-state index contributed by atoms with van der Waals surface area (Å²) >= 11 is 7.85. The van der Waals surface area contributed by atoms with Crippen LogP contribution in [0.1, 0.15) is 25.7 Å². The minimum absolute atomic E-state index is 0.459. The van der Waals surface area contributed by atoms with Crippen molar-refractivity contribution in [1.82, 2.24) is 9.55 Å². The molecule has 1 unspecified atom stereocenters. The Hall–Kier alpha value is -0.670. The summed E-state index contributed by atoms with van der Waals surface area (Å²) < 4.78 is 2.35. The summed E-state index contributed by atoms with van der Waals surface area (Å²) in [5, 5.41) is 0. The van der Waals surface area contributed by atoms with Gasteiger partial charge in [-0.25, -0.2) is 4.98 Å². The van der Waals surface area contributed by atoms with Gasteiger partial charge in [0.1, 0.15) is 5.82 Å². The van der Waals surface area contributed by atoms with Gasteiger partial charge in [-0.05, 0) is 24.8 Å². The standard InChI is InChI=1S/C14H19ClN2S/c1-3-18-10-11(2)17-13-7-5-4-6-12(13)16-14(17)8-9-15/h4-7,11H,3,8-10H2,1-2H3. The fourth-order valence-electron chi connectivity index (χ4n) is 2.21. The molecule has 0 fully saturated rings. The van der Waals surface area contributed by atoms with Crippen LogP contribution in [-0.2, 0) is 6.42 Å². The Morgan fingerprint density at radius 1 is 1.39 bits per heavy atom. The third-order valence-corrected chi connectivity index (χ3v) is 4.31. The van der Waals surface area contributed by atoms with E-state index in [-0.39, 0.29) is 0 Å². The molecule has 1 heterocycles. The topological polar surface area (TPSA) is 17.8 Å². The summed E-state index contributed by atoms with van der Waals surface area (Å²) in [5.41, 5.74) is 2.30. The molecule has 2 rings (SSSR count). The highest BCUT2D eigenvalue weighted by molar-refractivity contribution is 7.99. The molecule has 2 aromatic rings. The van der Waals surface area contributed by atoms with E-state index < -0.39 is 0 Å². The van der Waals surface area contributed by atoms with Gasteiger partial charge in [-0.1, -0.05) is 19.1 Å². The van der Waals surface area contributed by atoms with Crippen molar-refractivity contribution in [2.75, 3.05) is 17.4 Å². The van der Waals surface area contributed by atoms with Crippen LogP contribution >= 0.6 is 23.4 Å². The van der Waals surface area contributed by atoms with Gasteiger partial charge in [-0.3, -0.25) is 0 Å². The van der Waals surface area contributed by atoms with Gasteiger partial charge in [0.15, 0.2) is 0 Å². The van der Waals surface area contributed by atoms with Gasteiger partial charge in [-0.2, -0.15) is 11.8 Å². The van der Waals surface area contributed by atoms with Gasteiger partial charge < -0.3 is 4.57 Å². The van der Waals surface area contributed by atoms with Crippen LogP contribution in [0.5, 0.6) is 0 Å². The van der Waals surface area contributed by atoms with Crippen LogP contribution in [0.4, 0.5) is 0 Å². The largest absolute Gasteiger partial charge is 0.324 e. The van der Waals surface area contributed by atoms with Gasteiger partial charge in [0.25, 0.3) is 0 Å². The average Bonchev–Trinajstić information content (AvgIpc) is 2.74. The van der Waals surface area contributed by atoms with Crippen molar-refractivity contribution in [2.24, 2.45) is 0 Å². The highest BCUT2D eigenvalue weighted by Gasteiger charge is 2.14. The lowest BCUT2D eigenvalue weighted by Gasteiger charge is -2.16. The molecule has 0 aliphatic heterocycles. The molecule has 1 aromatic carbocycles. The van der Waals surface area contributed by atoms with Crippen LogP contribution in [0.3, 0.4) is 0 Å². The van der Waals surface area contributed by atoms with Crippen molar-refractivity contribution < 1.29 is 0 Å². The number of rotatable bonds is 6. The van der Waals surface area contributed by atoms with Crippen LogP contribution in [0, 0.1) is 0 Å². The molecule has 0 amide bonds. The number of nitrogens with zero attached hydrogens (tertiary/aromatic N) is 2. The molecular formula is C14H19ClN2S. The summed E-state index contributed by atoms with van der Waals surface area (Å²) in [6.07, 6.45) is 0.831. The van der Waals surface area contributed by atoms with Crippen molar-refractivity contribution in [2.45, 2.75) is 26.3 Å². The number of para-hydroxylation sites is 2. The van der Waals surface area contributed by atoms with Crippen molar-refractivity contribution in [3.63, 3.8) is 0 Å². The highest BCUT2D eigenvalue weighted by atomic mass is 35.5. The van der Waals surface area contributed by atoms with E-state index in [1.165, 1.54) is 5.52 Å². The maximum absolute atomic E-state index is 5.89. The summed E-state index contributed by atoms with van der Waals surface area (Å²) in [6.45, 7) is 4.46. The minimum atomic E-state index is 0.459. The predicted molar refractivity (Wildman–Crippen MR) is 81.9 cm³/mol. The van der Waals surface area contributed by atoms with E-state index in [2.05, 4.69) is 36.6 Å². The Bertz CT molecular complexity index is 509. The van der Waals surface area contributed by atoms with E-state index in [4.69, 9.17) is 16.6 Å². The molecule has 0 aliphatic carbocycles. The molecule has 0 saturated carbocycles. The maximum atomic E-state index is 5.89. The fourth-order valence-corrected chi connectivity index (χ4v) is 3.10. The van der Waals surface area contributed by atoms with E-state index in [1.54, 1.807) is 0 Å². The van der Waals surface area contributed by atoms with Gasteiger partial charge in [-0.15, -0.1) is 11.6 Å². The average molecular weight is 283 g/mol. The smallest absolute Gasteiger partial charge is 0.111 e. The Kier molecular flexibility index (Phi) is 4.95. The first kappa shape index (κ1) is 13.8. The van der Waals surface area contributed by atoms with Crippen LogP contribution in [0.25, 0.3) is 11.0 Å². The molecule has 1 atom stereocenters. The fraction of sp³-hybridized carbons (Fsp3) is 0.500. The Balaban J connectivity index is 2.40. The number of aryl methyl sites for hydroxylation is 1. The molecule has 0 radical (unpaired) electrons. The summed E-state index contributed by atoms with van der Waals surface area (Å²) in [7, 11) is 0. The lowest BCUT2D eigenvalue weighted by Crippen LogP contribution is -2.12. The van der Waals surface area contributed by atoms with Crippen LogP contribution in [0.2, 0.25) is 0 Å². The van der Waals surface area contributed by atoms with Crippen LogP contribution in [0.15, 0.2) is 24.3 Å². The first-order valence-electron chi connectivity index (χ1n) is 6.37. The second kappa shape index (κ2) is 6.48. The van der Waals surface area contributed by atoms with Crippen molar-refractivity contribution in [1.29, 1.82) is 0 Å². The molecule has 0 aliphatic rings. The zero-order chi connectivity index (χ0) is 13.0. The quantitative estimate of drug-likeness (QED) is 0.742. The van der Waals surface area contributed by atoms with E-state index in [9.17, 15) is 0 Å². The lowest BCUT2D eigenvalue weighted by atomic mass is 10.3. The lowest BCUT2D eigenvalue weighted by molar-refractivity contribution is 0.597. The zero-order valence-corrected chi connectivity index (χ0v) is 12.5. The number of halogens is 1. The predicted octanol–water partition coefficient (Wildman–Crippen LogP) is 4.13. The minimum Gasteiger partial charge on any atom is -0.324 e. The number of thioether (sulfide) groups is 1. The van der Waals surface area contributed by atoms with E-state index in [0.29, 0.717) is 11.9 Å². The molecule has 0 N–H and O–H groups in total. The number of benzene rings is 1. The van der Waals surface area contributed by atoms with Crippen LogP contribution < -0.4 is 0 Å². The Morgan fingerprint density at radius 2 is 2.17 bits per heavy atom. The second-order valence-corrected chi connectivity index (χ2v) is 6.03. The summed E-state index contributed by atoms with van der Waals surface area (Å²) in [6, 6.07) is 8.79. The third kappa shape index (κ3) is 2.83. The molecule has 18 heavy (non-hydrogen) atoms. The summed E-state index contributed by atoms with van der Waals surface area (Å²) in [5.74, 6) is 4.00. The van der Waals surface area contributed by atoms with Gasteiger partial charge in [0, 0.05) is 24.1 Å². The Labute approximate surface area is 118 Å². The van der Waals surface area contributed by atoms with E-state index in [1.807, 2.05) is 17.8 Å². The van der Waals surface area contributed by atoms with E-state index in [0.717, 1.165) is 29.3 Å². The monoisotopic (exact) mass is 282 g/mol. The van der Waals surface area contributed by atoms with E-state index >= 15 is 0 Å². The SMILES string of the molecule is CCSCC(C)n1c(CCCl)nc2ccccc21. The van der Waals surface area contributed by atoms with Crippen molar-refractivity contribution >= 4 is 34.4 Å². The first-order chi connectivity index (χ1) is 8.77. The maximum Gasteiger partial charge on any atom is 0.111 e. The number of imidazole rings is 1. The normalized spacial score (nSPS) is 13.1. The molecule has 0 saturated heterocycles. The van der Waals surface area contributed by atoms with Crippen molar-refractivity contribution in [3.8, 4) is 0 Å². The molecule has 2 nitrogen and oxygen atoms in total. The zero-order valence-electron chi connectivity index (χ0n) is 10.9.